The Morgan fingerprint density at radius 2 is 0.869 bits per heavy atom. The van der Waals surface area contributed by atoms with E-state index in [2.05, 4.69) is 0 Å². The Morgan fingerprint density at radius 3 is 1.43 bits per heavy atom. The number of phenols is 19. The molecule has 7 aliphatic heterocycles. The van der Waals surface area contributed by atoms with E-state index in [4.69, 9.17) is 37.9 Å². The minimum absolute atomic E-state index is 0.236. The number of ether oxygens (including phenoxy) is 8. The van der Waals surface area contributed by atoms with E-state index in [1.54, 1.807) is 0 Å². The van der Waals surface area contributed by atoms with Crippen LogP contribution in [0.25, 0.3) is 33.4 Å². The summed E-state index contributed by atoms with van der Waals surface area (Å²) in [5.74, 6) is -45.7. The number of esters is 5. The quantitative estimate of drug-likeness (QED) is 0.0642. The van der Waals surface area contributed by atoms with E-state index in [-0.39, 0.29) is 12.1 Å². The van der Waals surface area contributed by atoms with Crippen molar-refractivity contribution in [3.8, 4) is 148 Å². The maximum Gasteiger partial charge on any atom is 0.340 e. The van der Waals surface area contributed by atoms with Gasteiger partial charge in [0.1, 0.15) is 53.8 Å². The van der Waals surface area contributed by atoms with E-state index >= 15 is 24.0 Å². The lowest BCUT2D eigenvalue weighted by Gasteiger charge is -2.44. The summed E-state index contributed by atoms with van der Waals surface area (Å²) in [5.41, 5.74) is -20.0. The SMILES string of the molecule is O=C1OCC2OC(=O)c3cc(O)c(O)c(O)c3-c3c(O)c(O)c(O)c4c3C(=O)OC(C2OC(=O)c2cc(O)c(O)c(O)c2-c2c1cc(O)c(O)c2O)C1OC(=O)c2c-4c(O)c(O)c(O)c2C1c1c(O)cc(O)c2c1OC(c1ccc(O)c(O)c1)C(OC1OC(CO)C(O)C(O)C1O)C2=O. The maximum absolute atomic E-state index is 16.1. The fourth-order valence-corrected chi connectivity index (χ4v) is 12.9. The van der Waals surface area contributed by atoms with Crippen LogP contribution in [0.15, 0.2) is 42.5 Å². The van der Waals surface area contributed by atoms with Gasteiger partial charge in [-0.3, -0.25) is 4.79 Å². The number of cyclic esters (lactones) is 1. The smallest absolute Gasteiger partial charge is 0.340 e. The molecule has 37 heteroatoms. The van der Waals surface area contributed by atoms with Gasteiger partial charge in [0, 0.05) is 50.6 Å². The number of ketones is 1. The van der Waals surface area contributed by atoms with Crippen LogP contribution in [0.5, 0.6) is 115 Å². The molecule has 0 aliphatic carbocycles. The number of Topliss-reactive ketones (excluding diaryl/α,β-unsaturated/α-hetero) is 1. The van der Waals surface area contributed by atoms with Crippen LogP contribution < -0.4 is 4.74 Å². The molecule has 7 aromatic rings. The van der Waals surface area contributed by atoms with Crippen LogP contribution >= 0.6 is 0 Å². The van der Waals surface area contributed by atoms with Gasteiger partial charge in [0.2, 0.25) is 34.5 Å². The van der Waals surface area contributed by atoms with E-state index < -0.39 is 321 Å². The molecule has 0 amide bonds. The molecule has 0 saturated carbocycles. The van der Waals surface area contributed by atoms with Crippen molar-refractivity contribution in [2.75, 3.05) is 13.2 Å². The molecule has 1 fully saturated rings. The zero-order valence-electron chi connectivity index (χ0n) is 48.9. The second-order valence-electron chi connectivity index (χ2n) is 23.0. The first-order valence-corrected chi connectivity index (χ1v) is 28.5. The fraction of sp³-hybridized carbons (Fsp3) is 0.226. The van der Waals surface area contributed by atoms with Crippen LogP contribution in [-0.4, -0.2) is 228 Å². The molecule has 7 aliphatic rings. The molecule has 0 aromatic heterocycles. The van der Waals surface area contributed by atoms with Crippen molar-refractivity contribution in [2.24, 2.45) is 0 Å². The summed E-state index contributed by atoms with van der Waals surface area (Å²) in [4.78, 5) is 92.6. The number of benzene rings is 7. The summed E-state index contributed by atoms with van der Waals surface area (Å²) in [7, 11) is 0. The molecule has 12 unspecified atom stereocenters. The number of fused-ring (bicyclic) bond motifs is 8. The minimum Gasteiger partial charge on any atom is -0.507 e. The molecule has 7 aromatic carbocycles. The van der Waals surface area contributed by atoms with E-state index in [0.29, 0.717) is 12.1 Å². The molecule has 1 saturated heterocycles. The summed E-state index contributed by atoms with van der Waals surface area (Å²) >= 11 is 0. The van der Waals surface area contributed by atoms with Gasteiger partial charge in [0.25, 0.3) is 0 Å². The van der Waals surface area contributed by atoms with Crippen molar-refractivity contribution < 1.29 is 184 Å². The first-order chi connectivity index (χ1) is 46.7. The number of hydrogen-bond acceptors (Lipinski definition) is 37. The highest BCUT2D eigenvalue weighted by Gasteiger charge is 2.59. The monoisotopic (exact) mass is 1380 g/mol. The second kappa shape index (κ2) is 22.7. The normalized spacial score (nSPS) is 24.5. The van der Waals surface area contributed by atoms with E-state index in [0.717, 1.165) is 18.2 Å². The van der Waals surface area contributed by atoms with Gasteiger partial charge in [-0.25, -0.2) is 24.0 Å². The van der Waals surface area contributed by atoms with Gasteiger partial charge >= 0.3 is 29.8 Å². The Bertz CT molecular complexity index is 4800. The number of aliphatic hydroxyl groups excluding tert-OH is 4. The van der Waals surface area contributed by atoms with E-state index in [1.165, 1.54) is 0 Å². The number of carbonyl (C=O) groups is 6. The summed E-state index contributed by atoms with van der Waals surface area (Å²) in [5, 5.41) is 262. The average molecular weight is 1380 g/mol. The zero-order valence-corrected chi connectivity index (χ0v) is 48.9. The molecule has 0 radical (unpaired) electrons. The lowest BCUT2D eigenvalue weighted by molar-refractivity contribution is -0.311. The van der Waals surface area contributed by atoms with Gasteiger partial charge in [-0.2, -0.15) is 0 Å². The topological polar surface area (TPSA) is 642 Å². The molecule has 23 N–H and O–H groups in total. The molecule has 99 heavy (non-hydrogen) atoms. The first kappa shape index (κ1) is 65.0. The largest absolute Gasteiger partial charge is 0.507 e. The Kier molecular flexibility index (Phi) is 14.9. The number of rotatable bonds is 5. The van der Waals surface area contributed by atoms with Crippen LogP contribution in [-0.2, 0) is 33.2 Å². The standard InChI is InChI=1S/C62H46O37/c63-8-21-38(74)47(83)50(86)62(94-21)99-55-46(82)27-17(67)7-16(66)26(53(27)95-51(55)10-1-2-14(64)15(65)3-10)32-31-34-30(44(80)49(85)45(31)81)29-33-28(42(78)48(84)43(29)79)25-13(6-20(70)37(73)41(25)77)58(88)93-22-9-92-57(87)11-4-18(68)35(71)39(75)23(11)24-12(5-19(69)36(72)40(24)76)59(89)96-52(22)56(98-61(33)91)54(32)97-60(34)90/h1-7,21-22,32,38,47,50-52,54-56,62-81,83-86H,8-9H2. The Morgan fingerprint density at radius 1 is 0.384 bits per heavy atom. The van der Waals surface area contributed by atoms with Crippen LogP contribution in [0.4, 0.5) is 0 Å². The van der Waals surface area contributed by atoms with Crippen molar-refractivity contribution in [2.45, 2.75) is 73.2 Å². The lowest BCUT2D eigenvalue weighted by Crippen LogP contribution is -2.60. The third-order valence-electron chi connectivity index (χ3n) is 17.6. The second-order valence-corrected chi connectivity index (χ2v) is 23.0. The van der Waals surface area contributed by atoms with Gasteiger partial charge in [-0.05, 0) is 35.9 Å². The molecule has 14 rings (SSSR count). The van der Waals surface area contributed by atoms with Crippen LogP contribution in [0, 0.1) is 0 Å². The predicted molar refractivity (Wildman–Crippen MR) is 309 cm³/mol. The predicted octanol–water partition coefficient (Wildman–Crippen LogP) is 0.740. The Balaban J connectivity index is 1.16. The molecule has 6 bridgehead atoms. The molecule has 516 valence electrons. The van der Waals surface area contributed by atoms with E-state index in [9.17, 15) is 122 Å². The van der Waals surface area contributed by atoms with Gasteiger partial charge in [0.15, 0.2) is 112 Å². The van der Waals surface area contributed by atoms with E-state index in [1.807, 2.05) is 0 Å². The molecular formula is C62H46O37. The van der Waals surface area contributed by atoms with Crippen molar-refractivity contribution in [3.05, 3.63) is 92.5 Å². The highest BCUT2D eigenvalue weighted by atomic mass is 16.7. The zero-order chi connectivity index (χ0) is 71.6. The lowest BCUT2D eigenvalue weighted by atomic mass is 9.73. The van der Waals surface area contributed by atoms with Crippen LogP contribution in [0.3, 0.4) is 0 Å². The van der Waals surface area contributed by atoms with Crippen LogP contribution in [0.2, 0.25) is 0 Å². The highest BCUT2D eigenvalue weighted by molar-refractivity contribution is 6.17. The van der Waals surface area contributed by atoms with Gasteiger partial charge in [-0.15, -0.1) is 0 Å². The third kappa shape index (κ3) is 9.38. The maximum atomic E-state index is 16.1. The fourth-order valence-electron chi connectivity index (χ4n) is 12.9. The van der Waals surface area contributed by atoms with Gasteiger partial charge < -0.3 is 155 Å². The minimum atomic E-state index is -3.20. The first-order valence-electron chi connectivity index (χ1n) is 28.5. The number of carbonyl (C=O) groups excluding carboxylic acids is 6. The van der Waals surface area contributed by atoms with Crippen LogP contribution in [0.1, 0.15) is 90.9 Å². The third-order valence-corrected chi connectivity index (χ3v) is 17.6. The Labute approximate surface area is 545 Å². The van der Waals surface area contributed by atoms with Crippen molar-refractivity contribution >= 4 is 35.6 Å². The number of aliphatic hydroxyl groups is 4. The summed E-state index contributed by atoms with van der Waals surface area (Å²) in [6, 6.07) is 3.60. The Hall–Kier alpha value is -12.7. The summed E-state index contributed by atoms with van der Waals surface area (Å²) < 4.78 is 47.5. The molecule has 12 atom stereocenters. The molecular weight excluding hydrogens is 1340 g/mol. The molecule has 0 spiro atoms. The van der Waals surface area contributed by atoms with Gasteiger partial charge in [-0.1, -0.05) is 6.07 Å². The molecule has 7 heterocycles. The average Bonchev–Trinajstić information content (AvgIpc) is 1.43. The number of phenolic OH excluding ortho intramolecular Hbond substituents is 19. The highest BCUT2D eigenvalue weighted by Crippen LogP contribution is 2.65. The number of hydrogen-bond donors (Lipinski definition) is 23. The summed E-state index contributed by atoms with van der Waals surface area (Å²) in [6.45, 7) is -2.82. The number of aromatic hydroxyl groups is 19. The molecule has 37 nitrogen and oxygen atoms in total. The van der Waals surface area contributed by atoms with Crippen molar-refractivity contribution in [1.29, 1.82) is 0 Å². The van der Waals surface area contributed by atoms with Gasteiger partial charge in [0.05, 0.1) is 40.3 Å². The van der Waals surface area contributed by atoms with Crippen molar-refractivity contribution in [1.82, 2.24) is 0 Å². The van der Waals surface area contributed by atoms with Crippen molar-refractivity contribution in [3.63, 3.8) is 0 Å². The summed E-state index contributed by atoms with van der Waals surface area (Å²) in [6.07, 6.45) is -27.6.